The number of benzene rings is 1. The largest absolute Gasteiger partial charge is 0.312 e. The standard InChI is InChI=1S/C15H14ClF2NO/c16-11-2-1-10-5-8-19(14(20)13(10)9-11)12-3-6-15(17,18)7-4-12/h1-2,5,8-9,12H,3-4,6-7H2. The molecule has 1 aromatic carbocycles. The molecule has 20 heavy (non-hydrogen) atoms. The van der Waals surface area contributed by atoms with Crippen molar-refractivity contribution >= 4 is 22.4 Å². The summed E-state index contributed by atoms with van der Waals surface area (Å²) >= 11 is 5.92. The summed E-state index contributed by atoms with van der Waals surface area (Å²) in [5.41, 5.74) is -0.153. The minimum atomic E-state index is -2.58. The van der Waals surface area contributed by atoms with Gasteiger partial charge < -0.3 is 4.57 Å². The molecule has 2 aromatic rings. The lowest BCUT2D eigenvalue weighted by molar-refractivity contribution is -0.0442. The summed E-state index contributed by atoms with van der Waals surface area (Å²) in [4.78, 5) is 12.5. The first kappa shape index (κ1) is 13.6. The van der Waals surface area contributed by atoms with Crippen molar-refractivity contribution in [1.82, 2.24) is 4.57 Å². The van der Waals surface area contributed by atoms with E-state index in [-0.39, 0.29) is 24.4 Å². The number of alkyl halides is 2. The van der Waals surface area contributed by atoms with Crippen molar-refractivity contribution in [3.63, 3.8) is 0 Å². The van der Waals surface area contributed by atoms with Crippen molar-refractivity contribution in [2.24, 2.45) is 0 Å². The highest BCUT2D eigenvalue weighted by molar-refractivity contribution is 6.31. The number of hydrogen-bond donors (Lipinski definition) is 0. The van der Waals surface area contributed by atoms with Gasteiger partial charge in [0.05, 0.1) is 0 Å². The number of pyridine rings is 1. The van der Waals surface area contributed by atoms with Gasteiger partial charge in [0.2, 0.25) is 5.92 Å². The van der Waals surface area contributed by atoms with E-state index >= 15 is 0 Å². The molecule has 1 fully saturated rings. The van der Waals surface area contributed by atoms with Crippen LogP contribution in [0.15, 0.2) is 35.3 Å². The van der Waals surface area contributed by atoms with Gasteiger partial charge in [-0.05, 0) is 36.4 Å². The van der Waals surface area contributed by atoms with Gasteiger partial charge in [-0.1, -0.05) is 17.7 Å². The van der Waals surface area contributed by atoms with Crippen LogP contribution >= 0.6 is 11.6 Å². The number of nitrogens with zero attached hydrogens (tertiary/aromatic N) is 1. The van der Waals surface area contributed by atoms with Crippen LogP contribution in [0.25, 0.3) is 10.8 Å². The molecule has 106 valence electrons. The number of aromatic nitrogens is 1. The molecule has 0 spiro atoms. The van der Waals surface area contributed by atoms with Crippen molar-refractivity contribution in [2.75, 3.05) is 0 Å². The number of halogens is 3. The molecule has 0 atom stereocenters. The van der Waals surface area contributed by atoms with E-state index in [9.17, 15) is 13.6 Å². The van der Waals surface area contributed by atoms with Gasteiger partial charge in [0, 0.05) is 35.5 Å². The summed E-state index contributed by atoms with van der Waals surface area (Å²) in [7, 11) is 0. The Morgan fingerprint density at radius 3 is 2.60 bits per heavy atom. The average Bonchev–Trinajstić information content (AvgIpc) is 2.41. The molecule has 1 aliphatic rings. The first-order valence-corrected chi connectivity index (χ1v) is 7.02. The molecular formula is C15H14ClF2NO. The monoisotopic (exact) mass is 297 g/mol. The highest BCUT2D eigenvalue weighted by Crippen LogP contribution is 2.38. The van der Waals surface area contributed by atoms with Crippen molar-refractivity contribution in [3.8, 4) is 0 Å². The summed E-state index contributed by atoms with van der Waals surface area (Å²) in [5.74, 6) is -2.58. The van der Waals surface area contributed by atoms with Gasteiger partial charge in [0.15, 0.2) is 0 Å². The smallest absolute Gasteiger partial charge is 0.258 e. The molecule has 0 saturated heterocycles. The Hall–Kier alpha value is -1.42. The van der Waals surface area contributed by atoms with Gasteiger partial charge in [0.25, 0.3) is 5.56 Å². The summed E-state index contributed by atoms with van der Waals surface area (Å²) in [6.45, 7) is 0. The van der Waals surface area contributed by atoms with Crippen LogP contribution in [-0.2, 0) is 0 Å². The van der Waals surface area contributed by atoms with Crippen LogP contribution < -0.4 is 5.56 Å². The number of rotatable bonds is 1. The predicted molar refractivity (Wildman–Crippen MR) is 75.7 cm³/mol. The third kappa shape index (κ3) is 2.44. The third-order valence-electron chi connectivity index (χ3n) is 3.97. The number of hydrogen-bond acceptors (Lipinski definition) is 1. The highest BCUT2D eigenvalue weighted by atomic mass is 35.5. The molecule has 0 bridgehead atoms. The molecule has 1 aliphatic carbocycles. The van der Waals surface area contributed by atoms with E-state index in [4.69, 9.17) is 11.6 Å². The molecular weight excluding hydrogens is 284 g/mol. The molecule has 0 unspecified atom stereocenters. The second kappa shape index (κ2) is 4.85. The van der Waals surface area contributed by atoms with Crippen LogP contribution in [0.3, 0.4) is 0 Å². The fourth-order valence-corrected chi connectivity index (χ4v) is 2.99. The van der Waals surface area contributed by atoms with Crippen LogP contribution in [0.4, 0.5) is 8.78 Å². The lowest BCUT2D eigenvalue weighted by Crippen LogP contribution is -2.31. The zero-order valence-corrected chi connectivity index (χ0v) is 11.5. The minimum Gasteiger partial charge on any atom is -0.312 e. The maximum atomic E-state index is 13.2. The normalized spacial score (nSPS) is 19.4. The Morgan fingerprint density at radius 2 is 1.90 bits per heavy atom. The van der Waals surface area contributed by atoms with Gasteiger partial charge in [-0.15, -0.1) is 0 Å². The van der Waals surface area contributed by atoms with Crippen molar-refractivity contribution in [3.05, 3.63) is 45.8 Å². The van der Waals surface area contributed by atoms with E-state index in [0.717, 1.165) is 5.39 Å². The van der Waals surface area contributed by atoms with Crippen LogP contribution in [0.1, 0.15) is 31.7 Å². The lowest BCUT2D eigenvalue weighted by atomic mass is 9.92. The maximum absolute atomic E-state index is 13.2. The molecule has 5 heteroatoms. The molecule has 2 nitrogen and oxygen atoms in total. The fraction of sp³-hybridized carbons (Fsp3) is 0.400. The minimum absolute atomic E-state index is 0.148. The van der Waals surface area contributed by atoms with Crippen LogP contribution in [0.2, 0.25) is 5.02 Å². The zero-order valence-electron chi connectivity index (χ0n) is 10.8. The summed E-state index contributed by atoms with van der Waals surface area (Å²) in [5, 5.41) is 1.86. The SMILES string of the molecule is O=c1c2cc(Cl)ccc2ccn1C1CCC(F)(F)CC1. The predicted octanol–water partition coefficient (Wildman–Crippen LogP) is 4.41. The molecule has 0 radical (unpaired) electrons. The van der Waals surface area contributed by atoms with Gasteiger partial charge in [-0.2, -0.15) is 0 Å². The van der Waals surface area contributed by atoms with Crippen molar-refractivity contribution in [2.45, 2.75) is 37.6 Å². The van der Waals surface area contributed by atoms with E-state index in [1.807, 2.05) is 6.07 Å². The van der Waals surface area contributed by atoms with E-state index in [1.165, 1.54) is 0 Å². The van der Waals surface area contributed by atoms with Gasteiger partial charge in [-0.3, -0.25) is 4.79 Å². The topological polar surface area (TPSA) is 22.0 Å². The molecule has 0 N–H and O–H groups in total. The van der Waals surface area contributed by atoms with Crippen molar-refractivity contribution in [1.29, 1.82) is 0 Å². The van der Waals surface area contributed by atoms with Gasteiger partial charge >= 0.3 is 0 Å². The zero-order chi connectivity index (χ0) is 14.3. The average molecular weight is 298 g/mol. The molecule has 1 aromatic heterocycles. The van der Waals surface area contributed by atoms with Crippen LogP contribution in [0.5, 0.6) is 0 Å². The third-order valence-corrected chi connectivity index (χ3v) is 4.21. The van der Waals surface area contributed by atoms with E-state index < -0.39 is 5.92 Å². The Labute approximate surface area is 120 Å². The Bertz CT molecular complexity index is 701. The summed E-state index contributed by atoms with van der Waals surface area (Å²) < 4.78 is 28.0. The Morgan fingerprint density at radius 1 is 1.20 bits per heavy atom. The summed E-state index contributed by atoms with van der Waals surface area (Å²) in [6, 6.07) is 6.84. The second-order valence-electron chi connectivity index (χ2n) is 5.35. The van der Waals surface area contributed by atoms with E-state index in [1.54, 1.807) is 29.0 Å². The quantitative estimate of drug-likeness (QED) is 0.764. The summed E-state index contributed by atoms with van der Waals surface area (Å²) in [6.07, 6.45) is 2.06. The van der Waals surface area contributed by atoms with E-state index in [2.05, 4.69) is 0 Å². The molecule has 0 amide bonds. The first-order valence-electron chi connectivity index (χ1n) is 6.64. The first-order chi connectivity index (χ1) is 9.46. The highest BCUT2D eigenvalue weighted by Gasteiger charge is 2.35. The molecule has 0 aliphatic heterocycles. The fourth-order valence-electron chi connectivity index (χ4n) is 2.82. The van der Waals surface area contributed by atoms with Crippen LogP contribution in [-0.4, -0.2) is 10.5 Å². The van der Waals surface area contributed by atoms with Gasteiger partial charge in [-0.25, -0.2) is 8.78 Å². The lowest BCUT2D eigenvalue weighted by Gasteiger charge is -2.29. The van der Waals surface area contributed by atoms with Crippen LogP contribution in [0, 0.1) is 0 Å². The van der Waals surface area contributed by atoms with E-state index in [0.29, 0.717) is 23.3 Å². The second-order valence-corrected chi connectivity index (χ2v) is 5.78. The molecule has 1 heterocycles. The molecule has 1 saturated carbocycles. The maximum Gasteiger partial charge on any atom is 0.258 e. The van der Waals surface area contributed by atoms with Gasteiger partial charge in [0.1, 0.15) is 0 Å². The Kier molecular flexibility index (Phi) is 3.28. The van der Waals surface area contributed by atoms with Crippen molar-refractivity contribution < 1.29 is 8.78 Å². The molecule has 3 rings (SSSR count). The number of fused-ring (bicyclic) bond motifs is 1. The Balaban J connectivity index is 2.01.